The summed E-state index contributed by atoms with van der Waals surface area (Å²) in [5.41, 5.74) is 2.03. The molecule has 4 N–H and O–H groups in total. The zero-order valence-corrected chi connectivity index (χ0v) is 17.0. The Morgan fingerprint density at radius 3 is 2.67 bits per heavy atom. The highest BCUT2D eigenvalue weighted by Gasteiger charge is 2.22. The third-order valence-corrected chi connectivity index (χ3v) is 5.05. The molecule has 0 aliphatic carbocycles. The van der Waals surface area contributed by atoms with E-state index in [0.717, 1.165) is 37.1 Å². The van der Waals surface area contributed by atoms with Crippen molar-refractivity contribution < 1.29 is 32.6 Å². The van der Waals surface area contributed by atoms with Crippen molar-refractivity contribution in [3.8, 4) is 5.75 Å². The van der Waals surface area contributed by atoms with E-state index >= 15 is 0 Å². The van der Waals surface area contributed by atoms with Crippen molar-refractivity contribution in [1.29, 1.82) is 0 Å². The summed E-state index contributed by atoms with van der Waals surface area (Å²) in [4.78, 5) is 23.9. The lowest BCUT2D eigenvalue weighted by molar-refractivity contribution is -0.0522. The lowest BCUT2D eigenvalue weighted by Gasteiger charge is -2.13. The Morgan fingerprint density at radius 2 is 1.97 bits per heavy atom. The van der Waals surface area contributed by atoms with Crippen LogP contribution in [-0.2, 0) is 0 Å². The van der Waals surface area contributed by atoms with Crippen LogP contribution >= 0.6 is 0 Å². The number of alkyl halides is 2. The number of hydrogen-bond donors (Lipinski definition) is 4. The van der Waals surface area contributed by atoms with E-state index in [0.29, 0.717) is 18.0 Å². The van der Waals surface area contributed by atoms with Crippen LogP contribution in [0.2, 0.25) is 0 Å². The standard InChI is InChI=1S/C21H18F3N5O4/c22-12-9-16(11(20(31)32)8-17(12)33-21(23)24)27-19(30)15-6-7-18(29-28-15)26-13-3-1-2-10-4-5-14(13)25-10/h2,6-9,21,25H,1,3-5H2,(H,26,29)(H,27,30)(H,31,32). The van der Waals surface area contributed by atoms with Crippen LogP contribution in [0, 0.1) is 5.82 Å². The predicted octanol–water partition coefficient (Wildman–Crippen LogP) is 3.85. The first-order valence-electron chi connectivity index (χ1n) is 9.92. The number of carboxylic acid groups (broad SMARTS) is 1. The van der Waals surface area contributed by atoms with Crippen molar-refractivity contribution in [3.05, 3.63) is 64.5 Å². The third kappa shape index (κ3) is 5.05. The molecule has 1 saturated heterocycles. The smallest absolute Gasteiger partial charge is 0.387 e. The van der Waals surface area contributed by atoms with E-state index in [4.69, 9.17) is 0 Å². The fraction of sp³-hybridized carbons (Fsp3) is 0.238. The summed E-state index contributed by atoms with van der Waals surface area (Å²) in [6.45, 7) is -3.35. The molecule has 9 nitrogen and oxygen atoms in total. The molecule has 0 spiro atoms. The minimum atomic E-state index is -3.35. The normalized spacial score (nSPS) is 15.0. The summed E-state index contributed by atoms with van der Waals surface area (Å²) < 4.78 is 42.7. The summed E-state index contributed by atoms with van der Waals surface area (Å²) in [7, 11) is 0. The fourth-order valence-corrected chi connectivity index (χ4v) is 3.52. The van der Waals surface area contributed by atoms with Crippen molar-refractivity contribution in [3.63, 3.8) is 0 Å². The first-order valence-corrected chi connectivity index (χ1v) is 9.92. The Bertz CT molecular complexity index is 1170. The molecule has 172 valence electrons. The molecule has 12 heteroatoms. The van der Waals surface area contributed by atoms with Crippen LogP contribution in [-0.4, -0.2) is 33.8 Å². The summed E-state index contributed by atoms with van der Waals surface area (Å²) in [5.74, 6) is -4.25. The Balaban J connectivity index is 1.48. The average molecular weight is 461 g/mol. The van der Waals surface area contributed by atoms with Gasteiger partial charge in [-0.3, -0.25) is 4.79 Å². The third-order valence-electron chi connectivity index (χ3n) is 5.05. The molecule has 0 radical (unpaired) electrons. The minimum absolute atomic E-state index is 0.160. The van der Waals surface area contributed by atoms with E-state index in [1.165, 1.54) is 17.8 Å². The van der Waals surface area contributed by atoms with Crippen molar-refractivity contribution in [2.24, 2.45) is 0 Å². The fourth-order valence-electron chi connectivity index (χ4n) is 3.52. The second-order valence-corrected chi connectivity index (χ2v) is 7.24. The molecular weight excluding hydrogens is 443 g/mol. The van der Waals surface area contributed by atoms with Crippen LogP contribution in [0.5, 0.6) is 5.75 Å². The SMILES string of the molecule is O=C(Nc1cc(F)c(OC(F)F)cc1C(=O)O)c1ccc(NC2=C3CCC(=CCC2)N3)nn1. The first-order chi connectivity index (χ1) is 15.8. The summed E-state index contributed by atoms with van der Waals surface area (Å²) in [5, 5.41) is 25.9. The number of hydrogen-bond acceptors (Lipinski definition) is 7. The van der Waals surface area contributed by atoms with E-state index in [9.17, 15) is 27.9 Å². The van der Waals surface area contributed by atoms with Gasteiger partial charge in [-0.25, -0.2) is 9.18 Å². The molecule has 2 aliphatic heterocycles. The van der Waals surface area contributed by atoms with Gasteiger partial charge in [0.15, 0.2) is 23.1 Å². The number of carboxylic acids is 1. The van der Waals surface area contributed by atoms with E-state index in [2.05, 4.69) is 37.0 Å². The van der Waals surface area contributed by atoms with Gasteiger partial charge in [0.2, 0.25) is 0 Å². The molecule has 2 bridgehead atoms. The molecule has 4 rings (SSSR count). The topological polar surface area (TPSA) is 125 Å². The van der Waals surface area contributed by atoms with E-state index in [-0.39, 0.29) is 5.69 Å². The van der Waals surface area contributed by atoms with Crippen molar-refractivity contribution >= 4 is 23.4 Å². The van der Waals surface area contributed by atoms with Crippen LogP contribution in [0.15, 0.2) is 47.4 Å². The summed E-state index contributed by atoms with van der Waals surface area (Å²) in [6.07, 6.45) is 5.68. The highest BCUT2D eigenvalue weighted by molar-refractivity contribution is 6.06. The lowest BCUT2D eigenvalue weighted by atomic mass is 10.1. The van der Waals surface area contributed by atoms with Gasteiger partial charge in [0.1, 0.15) is 0 Å². The number of benzene rings is 1. The van der Waals surface area contributed by atoms with Crippen LogP contribution in [0.25, 0.3) is 0 Å². The lowest BCUT2D eigenvalue weighted by Crippen LogP contribution is -2.18. The molecule has 0 unspecified atom stereocenters. The molecule has 1 amide bonds. The van der Waals surface area contributed by atoms with Gasteiger partial charge in [-0.15, -0.1) is 10.2 Å². The van der Waals surface area contributed by atoms with Crippen LogP contribution in [0.1, 0.15) is 46.5 Å². The van der Waals surface area contributed by atoms with Gasteiger partial charge >= 0.3 is 12.6 Å². The Labute approximate surface area is 185 Å². The maximum atomic E-state index is 14.0. The molecule has 33 heavy (non-hydrogen) atoms. The van der Waals surface area contributed by atoms with Crippen molar-refractivity contribution in [1.82, 2.24) is 15.5 Å². The van der Waals surface area contributed by atoms with Gasteiger partial charge in [0.05, 0.1) is 11.3 Å². The quantitative estimate of drug-likeness (QED) is 0.490. The van der Waals surface area contributed by atoms with Gasteiger partial charge in [-0.2, -0.15) is 8.78 Å². The predicted molar refractivity (Wildman–Crippen MR) is 110 cm³/mol. The van der Waals surface area contributed by atoms with E-state index in [1.807, 2.05) is 0 Å². The summed E-state index contributed by atoms with van der Waals surface area (Å²) >= 11 is 0. The number of carbonyl (C=O) groups excluding carboxylic acids is 1. The monoisotopic (exact) mass is 461 g/mol. The Morgan fingerprint density at radius 1 is 1.15 bits per heavy atom. The van der Waals surface area contributed by atoms with Crippen LogP contribution in [0.4, 0.5) is 24.7 Å². The van der Waals surface area contributed by atoms with Crippen molar-refractivity contribution in [2.75, 3.05) is 10.6 Å². The van der Waals surface area contributed by atoms with Crippen molar-refractivity contribution in [2.45, 2.75) is 32.3 Å². The number of halogens is 3. The number of nitrogens with one attached hydrogen (secondary N) is 3. The number of rotatable bonds is 7. The van der Waals surface area contributed by atoms with Gasteiger partial charge < -0.3 is 25.8 Å². The van der Waals surface area contributed by atoms with Gasteiger partial charge in [-0.05, 0) is 37.8 Å². The number of allylic oxidation sites excluding steroid dienone is 4. The summed E-state index contributed by atoms with van der Waals surface area (Å²) in [6, 6.07) is 4.04. The first kappa shape index (κ1) is 22.1. The van der Waals surface area contributed by atoms with E-state index < -0.39 is 41.3 Å². The number of fused-ring (bicyclic) bond motifs is 2. The van der Waals surface area contributed by atoms with Gasteiger partial charge in [0, 0.05) is 29.2 Å². The Hall–Kier alpha value is -4.09. The van der Waals surface area contributed by atoms with E-state index in [1.54, 1.807) is 0 Å². The van der Waals surface area contributed by atoms with Crippen LogP contribution in [0.3, 0.4) is 0 Å². The number of nitrogens with zero attached hydrogens (tertiary/aromatic N) is 2. The number of aromatic nitrogens is 2. The maximum Gasteiger partial charge on any atom is 0.387 e. The number of carbonyl (C=O) groups is 2. The zero-order chi connectivity index (χ0) is 23.5. The second-order valence-electron chi connectivity index (χ2n) is 7.24. The Kier molecular flexibility index (Phi) is 6.16. The molecule has 0 atom stereocenters. The largest absolute Gasteiger partial charge is 0.478 e. The molecular formula is C21H18F3N5O4. The van der Waals surface area contributed by atoms with Gasteiger partial charge in [0.25, 0.3) is 5.91 Å². The van der Waals surface area contributed by atoms with Gasteiger partial charge in [-0.1, -0.05) is 6.08 Å². The molecule has 1 fully saturated rings. The number of ether oxygens (including phenoxy) is 1. The molecule has 2 aromatic rings. The molecule has 2 aliphatic rings. The zero-order valence-electron chi connectivity index (χ0n) is 17.0. The molecule has 0 saturated carbocycles. The maximum absolute atomic E-state index is 14.0. The number of anilines is 2. The molecule has 1 aromatic heterocycles. The second kappa shape index (κ2) is 9.18. The number of amides is 1. The molecule has 3 heterocycles. The highest BCUT2D eigenvalue weighted by atomic mass is 19.3. The average Bonchev–Trinajstić information content (AvgIpc) is 3.14. The highest BCUT2D eigenvalue weighted by Crippen LogP contribution is 2.29. The molecule has 1 aromatic carbocycles. The minimum Gasteiger partial charge on any atom is -0.478 e. The number of aromatic carboxylic acids is 1. The van der Waals surface area contributed by atoms with Crippen LogP contribution < -0.4 is 20.7 Å².